The highest BCUT2D eigenvalue weighted by molar-refractivity contribution is 5.92. The predicted molar refractivity (Wildman–Crippen MR) is 94.6 cm³/mol. The summed E-state index contributed by atoms with van der Waals surface area (Å²) in [6.07, 6.45) is 1.83. The molecular weight excluding hydrogens is 318 g/mol. The Balaban J connectivity index is 1.74. The molecule has 1 N–H and O–H groups in total. The second-order valence-corrected chi connectivity index (χ2v) is 5.90. The lowest BCUT2D eigenvalue weighted by Gasteiger charge is -2.10. The maximum Gasteiger partial charge on any atom is 0.250 e. The minimum absolute atomic E-state index is 0.118. The van der Waals surface area contributed by atoms with Gasteiger partial charge in [-0.15, -0.1) is 0 Å². The lowest BCUT2D eigenvalue weighted by Crippen LogP contribution is -2.21. The van der Waals surface area contributed by atoms with Crippen LogP contribution in [0.25, 0.3) is 0 Å². The number of rotatable bonds is 5. The highest BCUT2D eigenvalue weighted by Gasteiger charge is 2.13. The number of anilines is 1. The van der Waals surface area contributed by atoms with Crippen LogP contribution in [0.5, 0.6) is 0 Å². The lowest BCUT2D eigenvalue weighted by atomic mass is 10.1. The fraction of sp³-hybridized carbons (Fsp3) is 0.211. The highest BCUT2D eigenvalue weighted by Crippen LogP contribution is 2.14. The van der Waals surface area contributed by atoms with Gasteiger partial charge in [-0.2, -0.15) is 0 Å². The molecule has 6 nitrogen and oxygen atoms in total. The van der Waals surface area contributed by atoms with E-state index in [1.165, 1.54) is 6.07 Å². The summed E-state index contributed by atoms with van der Waals surface area (Å²) in [5.74, 6) is 0.459. The summed E-state index contributed by atoms with van der Waals surface area (Å²) in [5.41, 5.74) is 2.97. The van der Waals surface area contributed by atoms with Gasteiger partial charge in [-0.1, -0.05) is 35.5 Å². The van der Waals surface area contributed by atoms with Crippen LogP contribution in [-0.4, -0.2) is 15.6 Å². The third-order valence-electron chi connectivity index (χ3n) is 3.98. The van der Waals surface area contributed by atoms with E-state index >= 15 is 0 Å². The molecule has 3 aromatic rings. The number of amides is 1. The zero-order chi connectivity index (χ0) is 17.8. The van der Waals surface area contributed by atoms with E-state index in [-0.39, 0.29) is 17.9 Å². The van der Waals surface area contributed by atoms with Crippen LogP contribution in [0, 0.1) is 13.8 Å². The summed E-state index contributed by atoms with van der Waals surface area (Å²) in [6, 6.07) is 12.7. The van der Waals surface area contributed by atoms with Crippen LogP contribution in [0.1, 0.15) is 22.6 Å². The van der Waals surface area contributed by atoms with Crippen LogP contribution >= 0.6 is 0 Å². The molecule has 0 bridgehead atoms. The van der Waals surface area contributed by atoms with Crippen LogP contribution in [0.3, 0.4) is 0 Å². The van der Waals surface area contributed by atoms with Crippen LogP contribution < -0.4 is 10.9 Å². The first-order valence-electron chi connectivity index (χ1n) is 7.99. The molecule has 0 saturated heterocycles. The van der Waals surface area contributed by atoms with Gasteiger partial charge in [0.25, 0.3) is 5.56 Å². The number of hydrogen-bond acceptors (Lipinski definition) is 4. The second kappa shape index (κ2) is 7.17. The van der Waals surface area contributed by atoms with Gasteiger partial charge in [0.1, 0.15) is 5.76 Å². The number of carbonyl (C=O) groups is 1. The number of hydrogen-bond donors (Lipinski definition) is 1. The van der Waals surface area contributed by atoms with Crippen LogP contribution in [0.4, 0.5) is 5.69 Å². The minimum atomic E-state index is -0.181. The van der Waals surface area contributed by atoms with Crippen LogP contribution in [-0.2, 0) is 17.8 Å². The van der Waals surface area contributed by atoms with Gasteiger partial charge in [-0.05, 0) is 25.5 Å². The average molecular weight is 337 g/mol. The van der Waals surface area contributed by atoms with Crippen molar-refractivity contribution < 1.29 is 9.32 Å². The van der Waals surface area contributed by atoms with E-state index in [0.29, 0.717) is 23.7 Å². The topological polar surface area (TPSA) is 77.1 Å². The Labute approximate surface area is 145 Å². The van der Waals surface area contributed by atoms with Gasteiger partial charge in [-0.25, -0.2) is 0 Å². The van der Waals surface area contributed by atoms with E-state index in [0.717, 1.165) is 11.1 Å². The van der Waals surface area contributed by atoms with Crippen molar-refractivity contribution in [2.45, 2.75) is 26.8 Å². The first-order chi connectivity index (χ1) is 12.0. The van der Waals surface area contributed by atoms with Crippen molar-refractivity contribution in [3.63, 3.8) is 0 Å². The van der Waals surface area contributed by atoms with Crippen molar-refractivity contribution in [3.05, 3.63) is 81.6 Å². The van der Waals surface area contributed by atoms with Gasteiger partial charge in [0.2, 0.25) is 5.91 Å². The molecule has 25 heavy (non-hydrogen) atoms. The fourth-order valence-corrected chi connectivity index (χ4v) is 2.63. The monoisotopic (exact) mass is 337 g/mol. The number of aryl methyl sites for hydroxylation is 2. The SMILES string of the molecule is Cc1noc(C)c1CC(=O)Nc1ccc(=O)n(Cc2ccccc2)c1. The van der Waals surface area contributed by atoms with Crippen molar-refractivity contribution in [1.29, 1.82) is 0 Å². The molecule has 1 amide bonds. The number of aromatic nitrogens is 2. The minimum Gasteiger partial charge on any atom is -0.361 e. The van der Waals surface area contributed by atoms with Crippen LogP contribution in [0.15, 0.2) is 58.0 Å². The molecule has 128 valence electrons. The van der Waals surface area contributed by atoms with Gasteiger partial charge >= 0.3 is 0 Å². The molecule has 0 aliphatic rings. The largest absolute Gasteiger partial charge is 0.361 e. The zero-order valence-corrected chi connectivity index (χ0v) is 14.2. The molecule has 2 heterocycles. The maximum atomic E-state index is 12.3. The predicted octanol–water partition coefficient (Wildman–Crippen LogP) is 2.68. The molecule has 1 aromatic carbocycles. The van der Waals surface area contributed by atoms with E-state index in [9.17, 15) is 9.59 Å². The summed E-state index contributed by atoms with van der Waals surface area (Å²) in [5, 5.41) is 6.67. The summed E-state index contributed by atoms with van der Waals surface area (Å²) in [7, 11) is 0. The van der Waals surface area contributed by atoms with Crippen molar-refractivity contribution in [1.82, 2.24) is 9.72 Å². The quantitative estimate of drug-likeness (QED) is 0.776. The Morgan fingerprint density at radius 3 is 2.60 bits per heavy atom. The molecule has 2 aromatic heterocycles. The van der Waals surface area contributed by atoms with Gasteiger partial charge in [0.05, 0.1) is 24.3 Å². The molecule has 0 aliphatic heterocycles. The molecule has 0 spiro atoms. The summed E-state index contributed by atoms with van der Waals surface area (Å²) < 4.78 is 6.64. The molecule has 0 saturated carbocycles. The van der Waals surface area contributed by atoms with E-state index < -0.39 is 0 Å². The normalized spacial score (nSPS) is 10.6. The number of nitrogens with zero attached hydrogens (tertiary/aromatic N) is 2. The Morgan fingerprint density at radius 1 is 1.16 bits per heavy atom. The third-order valence-corrected chi connectivity index (χ3v) is 3.98. The zero-order valence-electron chi connectivity index (χ0n) is 14.2. The summed E-state index contributed by atoms with van der Waals surface area (Å²) in [6.45, 7) is 4.04. The summed E-state index contributed by atoms with van der Waals surface area (Å²) >= 11 is 0. The smallest absolute Gasteiger partial charge is 0.250 e. The Bertz CT molecular complexity index is 923. The van der Waals surface area contributed by atoms with Crippen LogP contribution in [0.2, 0.25) is 0 Å². The Kier molecular flexibility index (Phi) is 4.79. The lowest BCUT2D eigenvalue weighted by molar-refractivity contribution is -0.115. The highest BCUT2D eigenvalue weighted by atomic mass is 16.5. The summed E-state index contributed by atoms with van der Waals surface area (Å²) in [4.78, 5) is 24.3. The van der Waals surface area contributed by atoms with Crippen molar-refractivity contribution in [2.75, 3.05) is 5.32 Å². The van der Waals surface area contributed by atoms with E-state index in [1.807, 2.05) is 30.3 Å². The van der Waals surface area contributed by atoms with E-state index in [1.54, 1.807) is 30.7 Å². The van der Waals surface area contributed by atoms with Gasteiger partial charge in [-0.3, -0.25) is 9.59 Å². The first-order valence-corrected chi connectivity index (χ1v) is 7.99. The molecular formula is C19H19N3O3. The molecule has 0 unspecified atom stereocenters. The molecule has 0 aliphatic carbocycles. The average Bonchev–Trinajstić information content (AvgIpc) is 2.91. The maximum absolute atomic E-state index is 12.3. The molecule has 0 fully saturated rings. The van der Waals surface area contributed by atoms with Gasteiger partial charge < -0.3 is 14.4 Å². The van der Waals surface area contributed by atoms with Gasteiger partial charge in [0, 0.05) is 17.8 Å². The van der Waals surface area contributed by atoms with E-state index in [2.05, 4.69) is 10.5 Å². The second-order valence-electron chi connectivity index (χ2n) is 5.90. The van der Waals surface area contributed by atoms with Crippen molar-refractivity contribution in [2.24, 2.45) is 0 Å². The number of pyridine rings is 1. The van der Waals surface area contributed by atoms with E-state index in [4.69, 9.17) is 4.52 Å². The molecule has 0 atom stereocenters. The number of nitrogens with one attached hydrogen (secondary N) is 1. The first kappa shape index (κ1) is 16.7. The Morgan fingerprint density at radius 2 is 1.92 bits per heavy atom. The number of carbonyl (C=O) groups excluding carboxylic acids is 1. The van der Waals surface area contributed by atoms with Crippen molar-refractivity contribution >= 4 is 11.6 Å². The standard InChI is InChI=1S/C19H19N3O3/c1-13-17(14(2)25-21-13)10-18(23)20-16-8-9-19(24)22(12-16)11-15-6-4-3-5-7-15/h3-9,12H,10-11H2,1-2H3,(H,20,23). The fourth-order valence-electron chi connectivity index (χ4n) is 2.63. The third kappa shape index (κ3) is 4.03. The van der Waals surface area contributed by atoms with Crippen molar-refractivity contribution in [3.8, 4) is 0 Å². The molecule has 6 heteroatoms. The molecule has 0 radical (unpaired) electrons. The van der Waals surface area contributed by atoms with Gasteiger partial charge in [0.15, 0.2) is 0 Å². The Hall–Kier alpha value is -3.15. The number of benzene rings is 1. The molecule has 3 rings (SSSR count).